The van der Waals surface area contributed by atoms with Gasteiger partial charge in [0.05, 0.1) is 12.3 Å². The van der Waals surface area contributed by atoms with E-state index in [1.807, 2.05) is 54.7 Å². The zero-order valence-electron chi connectivity index (χ0n) is 13.5. The van der Waals surface area contributed by atoms with E-state index in [4.69, 9.17) is 4.42 Å². The number of amides is 1. The molecule has 0 aliphatic heterocycles. The number of carbonyl (C=O) groups excluding carboxylic acids is 2. The zero-order valence-corrected chi connectivity index (χ0v) is 13.5. The zero-order chi connectivity index (χ0) is 16.7. The molecule has 3 N–H and O–H groups in total. The van der Waals surface area contributed by atoms with Crippen LogP contribution in [0.25, 0.3) is 0 Å². The number of quaternary nitrogens is 1. The second kappa shape index (κ2) is 8.29. The Morgan fingerprint density at radius 3 is 2.52 bits per heavy atom. The van der Waals surface area contributed by atoms with Gasteiger partial charge in [-0.25, -0.2) is 0 Å². The molecule has 1 aromatic carbocycles. The van der Waals surface area contributed by atoms with Gasteiger partial charge in [-0.1, -0.05) is 30.3 Å². The summed E-state index contributed by atoms with van der Waals surface area (Å²) in [7, 11) is 0. The lowest BCUT2D eigenvalue weighted by atomic mass is 10.0. The number of nitrogens with one attached hydrogen (secondary N) is 1. The molecule has 1 heterocycles. The molecule has 0 bridgehead atoms. The molecule has 0 saturated heterocycles. The lowest BCUT2D eigenvalue weighted by Gasteiger charge is -2.16. The van der Waals surface area contributed by atoms with Crippen LogP contribution < -0.4 is 10.6 Å². The van der Waals surface area contributed by atoms with Gasteiger partial charge in [-0.3, -0.25) is 9.59 Å². The fraction of sp³-hybridized carbons (Fsp3) is 0.333. The predicted molar refractivity (Wildman–Crippen MR) is 86.7 cm³/mol. The van der Waals surface area contributed by atoms with Crippen LogP contribution in [0.3, 0.4) is 0 Å². The standard InChI is InChI=1S/C18H22N2O3/c1-13(17-9-6-10-23-17)19-12-18(22)20-16(14(2)21)11-15-7-4-3-5-8-15/h3-10,13,16,19H,11-12H2,1-2H3,(H,20,22)/p+1/t13-,16-/m1/s1. The minimum Gasteiger partial charge on any atom is -0.463 e. The Hall–Kier alpha value is -2.40. The van der Waals surface area contributed by atoms with Crippen molar-refractivity contribution >= 4 is 11.7 Å². The lowest BCUT2D eigenvalue weighted by Crippen LogP contribution is -2.87. The van der Waals surface area contributed by atoms with Gasteiger partial charge in [0, 0.05) is 0 Å². The van der Waals surface area contributed by atoms with Gasteiger partial charge in [0.15, 0.2) is 18.1 Å². The van der Waals surface area contributed by atoms with Crippen molar-refractivity contribution in [2.75, 3.05) is 6.54 Å². The molecule has 122 valence electrons. The van der Waals surface area contributed by atoms with Crippen molar-refractivity contribution in [3.8, 4) is 0 Å². The molecule has 2 rings (SSSR count). The molecule has 0 aliphatic carbocycles. The Bertz CT molecular complexity index is 623. The highest BCUT2D eigenvalue weighted by atomic mass is 16.3. The highest BCUT2D eigenvalue weighted by molar-refractivity contribution is 5.88. The topological polar surface area (TPSA) is 75.9 Å². The molecule has 0 aliphatic rings. The summed E-state index contributed by atoms with van der Waals surface area (Å²) in [5.41, 5.74) is 1.03. The third-order valence-corrected chi connectivity index (χ3v) is 3.76. The first-order valence-electron chi connectivity index (χ1n) is 7.76. The van der Waals surface area contributed by atoms with E-state index in [0.29, 0.717) is 6.42 Å². The highest BCUT2D eigenvalue weighted by Gasteiger charge is 2.20. The SMILES string of the molecule is CC(=O)[C@@H](Cc1ccccc1)NC(=O)C[NH2+][C@H](C)c1ccco1. The van der Waals surface area contributed by atoms with Gasteiger partial charge < -0.3 is 15.1 Å². The second-order valence-corrected chi connectivity index (χ2v) is 5.66. The van der Waals surface area contributed by atoms with E-state index < -0.39 is 6.04 Å². The first-order valence-corrected chi connectivity index (χ1v) is 7.76. The summed E-state index contributed by atoms with van der Waals surface area (Å²) in [6, 6.07) is 13.0. The summed E-state index contributed by atoms with van der Waals surface area (Å²) in [5, 5.41) is 4.70. The first kappa shape index (κ1) is 17.0. The molecule has 1 amide bonds. The molecule has 0 saturated carbocycles. The number of furan rings is 1. The molecule has 23 heavy (non-hydrogen) atoms. The van der Waals surface area contributed by atoms with Gasteiger partial charge >= 0.3 is 0 Å². The van der Waals surface area contributed by atoms with Gasteiger partial charge in [0.25, 0.3) is 5.91 Å². The summed E-state index contributed by atoms with van der Waals surface area (Å²) < 4.78 is 5.31. The Kier molecular flexibility index (Phi) is 6.11. The van der Waals surface area contributed by atoms with Gasteiger partial charge in [-0.05, 0) is 38.0 Å². The van der Waals surface area contributed by atoms with Gasteiger partial charge in [0.1, 0.15) is 6.04 Å². The van der Waals surface area contributed by atoms with E-state index in [1.165, 1.54) is 6.92 Å². The van der Waals surface area contributed by atoms with Crippen LogP contribution in [-0.2, 0) is 16.0 Å². The minimum absolute atomic E-state index is 0.0405. The third kappa shape index (κ3) is 5.38. The molecule has 5 heteroatoms. The average Bonchev–Trinajstić information content (AvgIpc) is 3.07. The number of hydrogen-bond acceptors (Lipinski definition) is 3. The van der Waals surface area contributed by atoms with Crippen molar-refractivity contribution < 1.29 is 19.3 Å². The monoisotopic (exact) mass is 315 g/mol. The molecular weight excluding hydrogens is 292 g/mol. The summed E-state index contributed by atoms with van der Waals surface area (Å²) in [4.78, 5) is 23.9. The maximum atomic E-state index is 12.1. The molecule has 2 aromatic rings. The number of nitrogens with two attached hydrogens (primary N) is 1. The van der Waals surface area contributed by atoms with E-state index in [2.05, 4.69) is 5.32 Å². The van der Waals surface area contributed by atoms with Crippen LogP contribution in [0.15, 0.2) is 53.1 Å². The van der Waals surface area contributed by atoms with Crippen molar-refractivity contribution in [2.45, 2.75) is 32.4 Å². The summed E-state index contributed by atoms with van der Waals surface area (Å²) in [6.07, 6.45) is 2.13. The molecule has 0 radical (unpaired) electrons. The van der Waals surface area contributed by atoms with Crippen molar-refractivity contribution in [2.24, 2.45) is 0 Å². The highest BCUT2D eigenvalue weighted by Crippen LogP contribution is 2.07. The van der Waals surface area contributed by atoms with Crippen molar-refractivity contribution in [1.82, 2.24) is 5.32 Å². The Morgan fingerprint density at radius 2 is 1.91 bits per heavy atom. The molecular formula is C18H23N2O3+. The number of benzene rings is 1. The molecule has 0 unspecified atom stereocenters. The largest absolute Gasteiger partial charge is 0.463 e. The maximum Gasteiger partial charge on any atom is 0.275 e. The number of carbonyl (C=O) groups is 2. The number of hydrogen-bond donors (Lipinski definition) is 2. The molecule has 0 fully saturated rings. The minimum atomic E-state index is -0.489. The quantitative estimate of drug-likeness (QED) is 0.769. The van der Waals surface area contributed by atoms with Crippen LogP contribution in [0.5, 0.6) is 0 Å². The van der Waals surface area contributed by atoms with Crippen LogP contribution in [-0.4, -0.2) is 24.3 Å². The summed E-state index contributed by atoms with van der Waals surface area (Å²) in [5.74, 6) is 0.631. The number of rotatable bonds is 8. The van der Waals surface area contributed by atoms with E-state index in [0.717, 1.165) is 11.3 Å². The van der Waals surface area contributed by atoms with Crippen LogP contribution in [0.1, 0.15) is 31.2 Å². The summed E-state index contributed by atoms with van der Waals surface area (Å²) >= 11 is 0. The normalized spacial score (nSPS) is 13.3. The van der Waals surface area contributed by atoms with Gasteiger partial charge in [-0.15, -0.1) is 0 Å². The fourth-order valence-electron chi connectivity index (χ4n) is 2.35. The van der Waals surface area contributed by atoms with Crippen molar-refractivity contribution in [1.29, 1.82) is 0 Å². The molecule has 2 atom stereocenters. The number of ketones is 1. The molecule has 5 nitrogen and oxygen atoms in total. The first-order chi connectivity index (χ1) is 11.1. The van der Waals surface area contributed by atoms with Crippen molar-refractivity contribution in [3.05, 3.63) is 60.1 Å². The smallest absolute Gasteiger partial charge is 0.275 e. The average molecular weight is 315 g/mol. The predicted octanol–water partition coefficient (Wildman–Crippen LogP) is 1.22. The molecule has 1 aromatic heterocycles. The Balaban J connectivity index is 1.84. The van der Waals surface area contributed by atoms with Crippen molar-refractivity contribution in [3.63, 3.8) is 0 Å². The van der Waals surface area contributed by atoms with Crippen LogP contribution in [0.4, 0.5) is 0 Å². The van der Waals surface area contributed by atoms with Crippen LogP contribution in [0.2, 0.25) is 0 Å². The fourth-order valence-corrected chi connectivity index (χ4v) is 2.35. The maximum absolute atomic E-state index is 12.1. The van der Waals surface area contributed by atoms with Gasteiger partial charge in [0.2, 0.25) is 0 Å². The number of Topliss-reactive ketones (excluding diaryl/α,β-unsaturated/α-hetero) is 1. The van der Waals surface area contributed by atoms with Gasteiger partial charge in [-0.2, -0.15) is 0 Å². The second-order valence-electron chi connectivity index (χ2n) is 5.66. The van der Waals surface area contributed by atoms with E-state index >= 15 is 0 Å². The summed E-state index contributed by atoms with van der Waals surface area (Å²) in [6.45, 7) is 3.72. The van der Waals surface area contributed by atoms with E-state index in [-0.39, 0.29) is 24.3 Å². The van der Waals surface area contributed by atoms with Crippen LogP contribution >= 0.6 is 0 Å². The Labute approximate surface area is 136 Å². The van der Waals surface area contributed by atoms with E-state index in [9.17, 15) is 9.59 Å². The Morgan fingerprint density at radius 1 is 1.17 bits per heavy atom. The van der Waals surface area contributed by atoms with E-state index in [1.54, 1.807) is 6.26 Å². The van der Waals surface area contributed by atoms with Crippen LogP contribution in [0, 0.1) is 0 Å². The third-order valence-electron chi connectivity index (χ3n) is 3.76. The lowest BCUT2D eigenvalue weighted by molar-refractivity contribution is -0.684. The molecule has 0 spiro atoms.